The van der Waals surface area contributed by atoms with Crippen molar-refractivity contribution in [2.45, 2.75) is 20.3 Å². The third kappa shape index (κ3) is 5.69. The molecule has 0 aliphatic carbocycles. The zero-order valence-electron chi connectivity index (χ0n) is 13.9. The van der Waals surface area contributed by atoms with Gasteiger partial charge in [-0.15, -0.1) is 0 Å². The van der Waals surface area contributed by atoms with Gasteiger partial charge >= 0.3 is 12.1 Å². The van der Waals surface area contributed by atoms with Crippen molar-refractivity contribution in [3.05, 3.63) is 42.6 Å². The molecule has 0 aliphatic rings. The first kappa shape index (κ1) is 18.1. The van der Waals surface area contributed by atoms with E-state index in [0.29, 0.717) is 23.0 Å². The lowest BCUT2D eigenvalue weighted by Crippen LogP contribution is -2.13. The minimum atomic E-state index is -0.566. The molecule has 0 atom stereocenters. The van der Waals surface area contributed by atoms with Gasteiger partial charge in [0.2, 0.25) is 5.88 Å². The highest BCUT2D eigenvalue weighted by Gasteiger charge is 2.09. The fourth-order valence-corrected chi connectivity index (χ4v) is 1.74. The van der Waals surface area contributed by atoms with Crippen LogP contribution in [0.5, 0.6) is 11.6 Å². The Morgan fingerprint density at radius 3 is 2.60 bits per heavy atom. The molecule has 25 heavy (non-hydrogen) atoms. The molecule has 8 heteroatoms. The molecule has 0 saturated heterocycles. The standard InChI is InChI=1S/C17H19N3O5/c1-3-16(21)25-20-12-9-10-15(18-11-12)24-14-8-6-5-7-13(14)19-17(22)23-4-2/h5-11,20H,3-4H2,1-2H3,(H,19,22). The summed E-state index contributed by atoms with van der Waals surface area (Å²) in [6, 6.07) is 10.2. The summed E-state index contributed by atoms with van der Waals surface area (Å²) in [6.07, 6.45) is 1.16. The minimum absolute atomic E-state index is 0.270. The average molecular weight is 345 g/mol. The van der Waals surface area contributed by atoms with Crippen LogP contribution in [-0.4, -0.2) is 23.7 Å². The van der Waals surface area contributed by atoms with Crippen LogP contribution in [0.15, 0.2) is 42.6 Å². The molecule has 2 rings (SSSR count). The second kappa shape index (κ2) is 9.11. The van der Waals surface area contributed by atoms with Gasteiger partial charge in [-0.25, -0.2) is 20.1 Å². The smallest absolute Gasteiger partial charge is 0.411 e. The number of anilines is 2. The third-order valence-electron chi connectivity index (χ3n) is 2.92. The predicted octanol–water partition coefficient (Wildman–Crippen LogP) is 3.72. The Morgan fingerprint density at radius 2 is 1.92 bits per heavy atom. The van der Waals surface area contributed by atoms with E-state index in [2.05, 4.69) is 15.8 Å². The number of benzene rings is 1. The Labute approximate surface area is 145 Å². The minimum Gasteiger partial charge on any atom is -0.450 e. The Kier molecular flexibility index (Phi) is 6.58. The molecule has 8 nitrogen and oxygen atoms in total. The second-order valence-corrected chi connectivity index (χ2v) is 4.76. The van der Waals surface area contributed by atoms with Gasteiger partial charge in [-0.3, -0.25) is 5.32 Å². The molecule has 0 saturated carbocycles. The maximum Gasteiger partial charge on any atom is 0.411 e. The van der Waals surface area contributed by atoms with E-state index in [1.807, 2.05) is 0 Å². The van der Waals surface area contributed by atoms with Crippen molar-refractivity contribution in [1.29, 1.82) is 0 Å². The van der Waals surface area contributed by atoms with Crippen LogP contribution >= 0.6 is 0 Å². The van der Waals surface area contributed by atoms with Crippen molar-refractivity contribution in [1.82, 2.24) is 4.98 Å². The molecule has 0 fully saturated rings. The summed E-state index contributed by atoms with van der Waals surface area (Å²) in [4.78, 5) is 31.6. The molecule has 0 aliphatic heterocycles. The third-order valence-corrected chi connectivity index (χ3v) is 2.92. The van der Waals surface area contributed by atoms with Crippen LogP contribution in [0.3, 0.4) is 0 Å². The van der Waals surface area contributed by atoms with Gasteiger partial charge in [-0.2, -0.15) is 0 Å². The number of nitrogens with zero attached hydrogens (tertiary/aromatic N) is 1. The Morgan fingerprint density at radius 1 is 1.12 bits per heavy atom. The summed E-state index contributed by atoms with van der Waals surface area (Å²) >= 11 is 0. The van der Waals surface area contributed by atoms with Crippen LogP contribution < -0.4 is 15.5 Å². The number of hydrogen-bond donors (Lipinski definition) is 2. The molecular formula is C17H19N3O5. The van der Waals surface area contributed by atoms with E-state index >= 15 is 0 Å². The zero-order chi connectivity index (χ0) is 18.1. The van der Waals surface area contributed by atoms with E-state index in [0.717, 1.165) is 0 Å². The van der Waals surface area contributed by atoms with Gasteiger partial charge in [0.05, 0.1) is 24.2 Å². The van der Waals surface area contributed by atoms with Gasteiger partial charge in [0, 0.05) is 12.5 Å². The molecule has 2 aromatic rings. The number of amides is 1. The Balaban J connectivity index is 2.02. The lowest BCUT2D eigenvalue weighted by atomic mass is 10.3. The number of hydrogen-bond acceptors (Lipinski definition) is 7. The fraction of sp³-hybridized carbons (Fsp3) is 0.235. The largest absolute Gasteiger partial charge is 0.450 e. The molecule has 2 N–H and O–H groups in total. The average Bonchev–Trinajstić information content (AvgIpc) is 2.62. The van der Waals surface area contributed by atoms with Crippen LogP contribution in [0.4, 0.5) is 16.2 Å². The van der Waals surface area contributed by atoms with Gasteiger partial charge in [0.25, 0.3) is 0 Å². The zero-order valence-corrected chi connectivity index (χ0v) is 13.9. The van der Waals surface area contributed by atoms with Crippen molar-refractivity contribution in [2.24, 2.45) is 0 Å². The normalized spacial score (nSPS) is 9.84. The first-order valence-corrected chi connectivity index (χ1v) is 7.74. The molecule has 132 valence electrons. The topological polar surface area (TPSA) is 98.8 Å². The number of pyridine rings is 1. The first-order valence-electron chi connectivity index (χ1n) is 7.74. The van der Waals surface area contributed by atoms with Crippen molar-refractivity contribution in [3.8, 4) is 11.6 Å². The van der Waals surface area contributed by atoms with Crippen molar-refractivity contribution < 1.29 is 23.9 Å². The van der Waals surface area contributed by atoms with Gasteiger partial charge in [-0.1, -0.05) is 19.1 Å². The summed E-state index contributed by atoms with van der Waals surface area (Å²) in [6.45, 7) is 3.69. The van der Waals surface area contributed by atoms with Crippen LogP contribution in [-0.2, 0) is 14.4 Å². The predicted molar refractivity (Wildman–Crippen MR) is 91.4 cm³/mol. The summed E-state index contributed by atoms with van der Waals surface area (Å²) in [5.41, 5.74) is 3.46. The molecule has 1 aromatic carbocycles. The molecule has 1 heterocycles. The van der Waals surface area contributed by atoms with E-state index < -0.39 is 6.09 Å². The molecular weight excluding hydrogens is 326 g/mol. The first-order chi connectivity index (χ1) is 12.1. The van der Waals surface area contributed by atoms with E-state index in [1.54, 1.807) is 50.2 Å². The summed E-state index contributed by atoms with van der Waals surface area (Å²) in [5, 5.41) is 2.60. The van der Waals surface area contributed by atoms with Crippen LogP contribution in [0.2, 0.25) is 0 Å². The second-order valence-electron chi connectivity index (χ2n) is 4.76. The number of rotatable bonds is 7. The highest BCUT2D eigenvalue weighted by molar-refractivity contribution is 5.86. The van der Waals surface area contributed by atoms with Crippen molar-refractivity contribution in [2.75, 3.05) is 17.4 Å². The maximum absolute atomic E-state index is 11.6. The summed E-state index contributed by atoms with van der Waals surface area (Å²) in [7, 11) is 0. The molecule has 0 spiro atoms. The van der Waals surface area contributed by atoms with Crippen molar-refractivity contribution >= 4 is 23.4 Å². The number of nitrogens with one attached hydrogen (secondary N) is 2. The van der Waals surface area contributed by atoms with Crippen molar-refractivity contribution in [3.63, 3.8) is 0 Å². The number of carbonyl (C=O) groups is 2. The number of carbonyl (C=O) groups excluding carboxylic acids is 2. The molecule has 0 radical (unpaired) electrons. The molecule has 1 amide bonds. The number of ether oxygens (including phenoxy) is 2. The SMILES string of the molecule is CCOC(=O)Nc1ccccc1Oc1ccc(NOC(=O)CC)cn1. The van der Waals surface area contributed by atoms with E-state index in [-0.39, 0.29) is 19.0 Å². The van der Waals surface area contributed by atoms with Crippen LogP contribution in [0.25, 0.3) is 0 Å². The highest BCUT2D eigenvalue weighted by atomic mass is 16.7. The van der Waals surface area contributed by atoms with Crippen LogP contribution in [0, 0.1) is 0 Å². The summed E-state index contributed by atoms with van der Waals surface area (Å²) in [5.74, 6) is 0.353. The van der Waals surface area contributed by atoms with Crippen LogP contribution in [0.1, 0.15) is 20.3 Å². The number of aromatic nitrogens is 1. The van der Waals surface area contributed by atoms with Gasteiger partial charge in [-0.05, 0) is 25.1 Å². The maximum atomic E-state index is 11.6. The monoisotopic (exact) mass is 345 g/mol. The lowest BCUT2D eigenvalue weighted by molar-refractivity contribution is -0.140. The quantitative estimate of drug-likeness (QED) is 0.738. The Bertz CT molecular complexity index is 718. The molecule has 0 bridgehead atoms. The van der Waals surface area contributed by atoms with E-state index in [9.17, 15) is 9.59 Å². The Hall–Kier alpha value is -3.29. The molecule has 1 aromatic heterocycles. The van der Waals surface area contributed by atoms with E-state index in [1.165, 1.54) is 6.20 Å². The van der Waals surface area contributed by atoms with E-state index in [4.69, 9.17) is 14.3 Å². The van der Waals surface area contributed by atoms with Gasteiger partial charge in [0.1, 0.15) is 0 Å². The highest BCUT2D eigenvalue weighted by Crippen LogP contribution is 2.28. The fourth-order valence-electron chi connectivity index (χ4n) is 1.74. The lowest BCUT2D eigenvalue weighted by Gasteiger charge is -2.12. The summed E-state index contributed by atoms with van der Waals surface area (Å²) < 4.78 is 10.5. The van der Waals surface area contributed by atoms with Gasteiger partial charge < -0.3 is 14.3 Å². The number of para-hydroxylation sites is 2. The molecule has 0 unspecified atom stereocenters. The van der Waals surface area contributed by atoms with Gasteiger partial charge in [0.15, 0.2) is 5.75 Å².